The van der Waals surface area contributed by atoms with Crippen molar-refractivity contribution in [3.63, 3.8) is 0 Å². The second-order valence-corrected chi connectivity index (χ2v) is 5.79. The zero-order chi connectivity index (χ0) is 19.6. The molecule has 2 aromatic heterocycles. The maximum absolute atomic E-state index is 12.3. The standard InChI is InChI=1S/C17H18N6O4/c1-21-15-14(16(25)22(2)17(21)26)23(10-18-15)9-13(24)20-19-8-11-6-4-5-7-12(11)27-3/h4-8,10H,9H2,1-3H3,(H,20,24)/b19-8+. The number of aryl methyl sites for hydroxylation is 1. The first-order valence-corrected chi connectivity index (χ1v) is 7.99. The van der Waals surface area contributed by atoms with Crippen molar-refractivity contribution < 1.29 is 9.53 Å². The Balaban J connectivity index is 1.80. The molecule has 3 aromatic rings. The van der Waals surface area contributed by atoms with Crippen LogP contribution in [0.5, 0.6) is 5.75 Å². The lowest BCUT2D eigenvalue weighted by Crippen LogP contribution is -2.38. The highest BCUT2D eigenvalue weighted by Crippen LogP contribution is 2.14. The molecule has 140 valence electrons. The Kier molecular flexibility index (Phi) is 4.88. The van der Waals surface area contributed by atoms with E-state index in [0.29, 0.717) is 11.3 Å². The molecule has 1 amide bonds. The van der Waals surface area contributed by atoms with Gasteiger partial charge in [0.1, 0.15) is 12.3 Å². The third kappa shape index (κ3) is 3.36. The number of imidazole rings is 1. The molecule has 0 spiro atoms. The molecule has 0 aliphatic carbocycles. The van der Waals surface area contributed by atoms with Gasteiger partial charge in [0, 0.05) is 19.7 Å². The van der Waals surface area contributed by atoms with Crippen molar-refractivity contribution in [2.75, 3.05) is 7.11 Å². The predicted molar refractivity (Wildman–Crippen MR) is 98.9 cm³/mol. The lowest BCUT2D eigenvalue weighted by Gasteiger charge is -2.06. The molecule has 2 heterocycles. The van der Waals surface area contributed by atoms with Crippen LogP contribution in [-0.4, -0.2) is 37.9 Å². The Morgan fingerprint density at radius 1 is 1.26 bits per heavy atom. The minimum absolute atomic E-state index is 0.170. The Hall–Kier alpha value is -3.69. The molecule has 3 rings (SSSR count). The van der Waals surface area contributed by atoms with Crippen LogP contribution < -0.4 is 21.4 Å². The number of benzene rings is 1. The summed E-state index contributed by atoms with van der Waals surface area (Å²) < 4.78 is 8.81. The highest BCUT2D eigenvalue weighted by Gasteiger charge is 2.15. The number of rotatable bonds is 5. The summed E-state index contributed by atoms with van der Waals surface area (Å²) in [5.74, 6) is 0.178. The first-order chi connectivity index (χ1) is 12.9. The van der Waals surface area contributed by atoms with Crippen LogP contribution in [0.25, 0.3) is 11.2 Å². The summed E-state index contributed by atoms with van der Waals surface area (Å²) in [6.07, 6.45) is 2.81. The van der Waals surface area contributed by atoms with Crippen molar-refractivity contribution in [3.8, 4) is 5.75 Å². The molecule has 10 heteroatoms. The molecule has 0 saturated carbocycles. The summed E-state index contributed by atoms with van der Waals surface area (Å²) in [4.78, 5) is 40.5. The topological polar surface area (TPSA) is 113 Å². The molecule has 10 nitrogen and oxygen atoms in total. The summed E-state index contributed by atoms with van der Waals surface area (Å²) in [5, 5.41) is 3.91. The minimum Gasteiger partial charge on any atom is -0.496 e. The number of methoxy groups -OCH3 is 1. The minimum atomic E-state index is -0.518. The van der Waals surface area contributed by atoms with E-state index in [1.165, 1.54) is 35.8 Å². The van der Waals surface area contributed by atoms with Crippen LogP contribution in [0.4, 0.5) is 0 Å². The quantitative estimate of drug-likeness (QED) is 0.485. The van der Waals surface area contributed by atoms with Gasteiger partial charge in [-0.3, -0.25) is 18.7 Å². The number of amides is 1. The molecule has 1 aromatic carbocycles. The second kappa shape index (κ2) is 7.28. The molecule has 0 aliphatic rings. The molecule has 1 N–H and O–H groups in total. The Labute approximate surface area is 153 Å². The molecule has 0 radical (unpaired) electrons. The van der Waals surface area contributed by atoms with Crippen LogP contribution in [0.15, 0.2) is 45.3 Å². The largest absolute Gasteiger partial charge is 0.496 e. The first kappa shape index (κ1) is 18.1. The fourth-order valence-electron chi connectivity index (χ4n) is 2.65. The van der Waals surface area contributed by atoms with E-state index in [0.717, 1.165) is 4.57 Å². The number of carbonyl (C=O) groups is 1. The van der Waals surface area contributed by atoms with Gasteiger partial charge in [-0.2, -0.15) is 5.10 Å². The monoisotopic (exact) mass is 370 g/mol. The smallest absolute Gasteiger partial charge is 0.332 e. The molecule has 0 fully saturated rings. The van der Waals surface area contributed by atoms with E-state index in [1.54, 1.807) is 19.2 Å². The summed E-state index contributed by atoms with van der Waals surface area (Å²) >= 11 is 0. The lowest BCUT2D eigenvalue weighted by atomic mass is 10.2. The molecule has 27 heavy (non-hydrogen) atoms. The van der Waals surface area contributed by atoms with Crippen molar-refractivity contribution in [2.24, 2.45) is 19.2 Å². The highest BCUT2D eigenvalue weighted by molar-refractivity contribution is 5.85. The van der Waals surface area contributed by atoms with Crippen molar-refractivity contribution in [2.45, 2.75) is 6.54 Å². The molecule has 0 atom stereocenters. The summed E-state index contributed by atoms with van der Waals surface area (Å²) in [6.45, 7) is -0.173. The van der Waals surface area contributed by atoms with Crippen LogP contribution in [0.1, 0.15) is 5.56 Å². The fraction of sp³-hybridized carbons (Fsp3) is 0.235. The average Bonchev–Trinajstić information content (AvgIpc) is 3.08. The number of aromatic nitrogens is 4. The molecule has 0 unspecified atom stereocenters. The highest BCUT2D eigenvalue weighted by atomic mass is 16.5. The van der Waals surface area contributed by atoms with Gasteiger partial charge in [0.25, 0.3) is 11.5 Å². The summed E-state index contributed by atoms with van der Waals surface area (Å²) in [6, 6.07) is 7.22. The Morgan fingerprint density at radius 2 is 2.00 bits per heavy atom. The van der Waals surface area contributed by atoms with Crippen LogP contribution in [0.3, 0.4) is 0 Å². The number of hydrogen-bond donors (Lipinski definition) is 1. The average molecular weight is 370 g/mol. The van der Waals surface area contributed by atoms with Crippen molar-refractivity contribution in [1.82, 2.24) is 24.1 Å². The van der Waals surface area contributed by atoms with E-state index in [-0.39, 0.29) is 17.7 Å². The number of ether oxygens (including phenoxy) is 1. The molecule has 0 bridgehead atoms. The number of para-hydroxylation sites is 1. The van der Waals surface area contributed by atoms with Gasteiger partial charge in [-0.1, -0.05) is 12.1 Å². The molecular formula is C17H18N6O4. The number of hydrogen-bond acceptors (Lipinski definition) is 6. The zero-order valence-electron chi connectivity index (χ0n) is 15.0. The number of nitrogens with one attached hydrogen (secondary N) is 1. The van der Waals surface area contributed by atoms with Crippen LogP contribution >= 0.6 is 0 Å². The summed E-state index contributed by atoms with van der Waals surface area (Å²) in [7, 11) is 4.43. The number of carbonyl (C=O) groups excluding carboxylic acids is 1. The molecule has 0 saturated heterocycles. The van der Waals surface area contributed by atoms with E-state index < -0.39 is 17.2 Å². The third-order valence-corrected chi connectivity index (χ3v) is 4.06. The van der Waals surface area contributed by atoms with Gasteiger partial charge in [-0.15, -0.1) is 0 Å². The van der Waals surface area contributed by atoms with E-state index >= 15 is 0 Å². The number of nitrogens with zero attached hydrogens (tertiary/aromatic N) is 5. The normalized spacial score (nSPS) is 11.2. The van der Waals surface area contributed by atoms with Crippen LogP contribution in [0, 0.1) is 0 Å². The van der Waals surface area contributed by atoms with Gasteiger partial charge < -0.3 is 9.30 Å². The Bertz CT molecular complexity index is 1150. The van der Waals surface area contributed by atoms with E-state index in [4.69, 9.17) is 4.74 Å². The van der Waals surface area contributed by atoms with Crippen molar-refractivity contribution in [3.05, 3.63) is 57.0 Å². The maximum atomic E-state index is 12.3. The maximum Gasteiger partial charge on any atom is 0.332 e. The summed E-state index contributed by atoms with van der Waals surface area (Å²) in [5.41, 5.74) is 2.49. The number of fused-ring (bicyclic) bond motifs is 1. The number of hydrazone groups is 1. The predicted octanol–water partition coefficient (Wildman–Crippen LogP) is -0.407. The Morgan fingerprint density at radius 3 is 2.74 bits per heavy atom. The van der Waals surface area contributed by atoms with E-state index in [1.807, 2.05) is 12.1 Å². The fourth-order valence-corrected chi connectivity index (χ4v) is 2.65. The van der Waals surface area contributed by atoms with Gasteiger partial charge >= 0.3 is 5.69 Å². The van der Waals surface area contributed by atoms with Crippen molar-refractivity contribution in [1.29, 1.82) is 0 Å². The lowest BCUT2D eigenvalue weighted by molar-refractivity contribution is -0.121. The van der Waals surface area contributed by atoms with Crippen molar-refractivity contribution >= 4 is 23.3 Å². The van der Waals surface area contributed by atoms with E-state index in [9.17, 15) is 14.4 Å². The third-order valence-electron chi connectivity index (χ3n) is 4.06. The SMILES string of the molecule is COc1ccccc1/C=N/NC(=O)Cn1cnc2c1c(=O)n(C)c(=O)n2C. The van der Waals surface area contributed by atoms with Gasteiger partial charge in [-0.05, 0) is 12.1 Å². The second-order valence-electron chi connectivity index (χ2n) is 5.79. The van der Waals surface area contributed by atoms with Gasteiger partial charge in [-0.25, -0.2) is 15.2 Å². The van der Waals surface area contributed by atoms with E-state index in [2.05, 4.69) is 15.5 Å². The first-order valence-electron chi connectivity index (χ1n) is 7.99. The van der Waals surface area contributed by atoms with Crippen LogP contribution in [0.2, 0.25) is 0 Å². The van der Waals surface area contributed by atoms with Gasteiger partial charge in [0.15, 0.2) is 11.2 Å². The molecular weight excluding hydrogens is 352 g/mol. The van der Waals surface area contributed by atoms with Gasteiger partial charge in [0.05, 0.1) is 19.7 Å². The zero-order valence-corrected chi connectivity index (χ0v) is 15.0. The molecule has 0 aliphatic heterocycles. The van der Waals surface area contributed by atoms with Crippen LogP contribution in [-0.2, 0) is 25.4 Å². The van der Waals surface area contributed by atoms with Gasteiger partial charge in [0.2, 0.25) is 0 Å².